The molecule has 3 aromatic rings. The number of hydrogen-bond acceptors (Lipinski definition) is 5. The first-order chi connectivity index (χ1) is 13.8. The van der Waals surface area contributed by atoms with Gasteiger partial charge in [0.15, 0.2) is 5.13 Å². The predicted molar refractivity (Wildman–Crippen MR) is 112 cm³/mol. The molecular weight excluding hydrogens is 372 g/mol. The van der Waals surface area contributed by atoms with E-state index in [-0.39, 0.29) is 12.0 Å². The summed E-state index contributed by atoms with van der Waals surface area (Å²) in [6, 6.07) is 18.0. The molecule has 0 bridgehead atoms. The summed E-state index contributed by atoms with van der Waals surface area (Å²) in [6.45, 7) is 2.23. The average molecular weight is 397 g/mol. The predicted octanol–water partition coefficient (Wildman–Crippen LogP) is 4.42. The lowest BCUT2D eigenvalue weighted by Gasteiger charge is -2.23. The number of amides is 1. The molecule has 0 saturated carbocycles. The van der Waals surface area contributed by atoms with Gasteiger partial charge in [0.25, 0.3) is 0 Å². The van der Waals surface area contributed by atoms with Gasteiger partial charge in [-0.3, -0.25) is 9.69 Å². The van der Waals surface area contributed by atoms with E-state index < -0.39 is 0 Å². The van der Waals surface area contributed by atoms with Crippen molar-refractivity contribution >= 4 is 32.6 Å². The van der Waals surface area contributed by atoms with Gasteiger partial charge in [-0.2, -0.15) is 0 Å². The lowest BCUT2D eigenvalue weighted by molar-refractivity contribution is -0.120. The second-order valence-electron chi connectivity index (χ2n) is 6.89. The van der Waals surface area contributed by atoms with Crippen LogP contribution in [0.15, 0.2) is 54.6 Å². The van der Waals surface area contributed by atoms with E-state index in [1.165, 1.54) is 0 Å². The van der Waals surface area contributed by atoms with Crippen molar-refractivity contribution in [3.8, 4) is 0 Å². The van der Waals surface area contributed by atoms with Crippen molar-refractivity contribution in [2.45, 2.75) is 32.0 Å². The third kappa shape index (κ3) is 4.76. The molecule has 1 aliphatic rings. The van der Waals surface area contributed by atoms with E-state index in [4.69, 9.17) is 9.47 Å². The zero-order valence-corrected chi connectivity index (χ0v) is 16.6. The van der Waals surface area contributed by atoms with Crippen LogP contribution >= 0.6 is 11.3 Å². The molecule has 1 atom stereocenters. The molecule has 2 heterocycles. The molecule has 0 spiro atoms. The van der Waals surface area contributed by atoms with Crippen molar-refractivity contribution in [1.29, 1.82) is 0 Å². The highest BCUT2D eigenvalue weighted by molar-refractivity contribution is 7.22. The van der Waals surface area contributed by atoms with Gasteiger partial charge in [0.2, 0.25) is 5.91 Å². The second-order valence-corrected chi connectivity index (χ2v) is 7.90. The Labute approximate surface area is 168 Å². The lowest BCUT2D eigenvalue weighted by Crippen LogP contribution is -2.37. The fraction of sp³-hybridized carbons (Fsp3) is 0.364. The summed E-state index contributed by atoms with van der Waals surface area (Å²) in [5, 5.41) is 0.741. The zero-order chi connectivity index (χ0) is 19.2. The minimum Gasteiger partial charge on any atom is -0.376 e. The Morgan fingerprint density at radius 3 is 2.79 bits per heavy atom. The molecule has 146 valence electrons. The molecule has 28 heavy (non-hydrogen) atoms. The summed E-state index contributed by atoms with van der Waals surface area (Å²) in [4.78, 5) is 19.4. The molecule has 1 aromatic heterocycles. The average Bonchev–Trinajstić information content (AvgIpc) is 3.39. The van der Waals surface area contributed by atoms with Crippen LogP contribution in [0, 0.1) is 0 Å². The Kier molecular flexibility index (Phi) is 6.31. The maximum atomic E-state index is 13.0. The number of fused-ring (bicyclic) bond motifs is 1. The van der Waals surface area contributed by atoms with Gasteiger partial charge in [0, 0.05) is 6.61 Å². The van der Waals surface area contributed by atoms with Gasteiger partial charge in [-0.15, -0.1) is 0 Å². The van der Waals surface area contributed by atoms with Gasteiger partial charge in [0.05, 0.1) is 42.5 Å². The molecule has 4 rings (SSSR count). The lowest BCUT2D eigenvalue weighted by atomic mass is 10.2. The van der Waals surface area contributed by atoms with E-state index in [9.17, 15) is 4.79 Å². The molecule has 1 aliphatic heterocycles. The summed E-state index contributed by atoms with van der Waals surface area (Å²) in [5.41, 5.74) is 2.03. The van der Waals surface area contributed by atoms with Gasteiger partial charge in [-0.1, -0.05) is 53.8 Å². The maximum Gasteiger partial charge on any atom is 0.231 e. The van der Waals surface area contributed by atoms with Gasteiger partial charge in [0.1, 0.15) is 0 Å². The molecule has 5 nitrogen and oxygen atoms in total. The van der Waals surface area contributed by atoms with Crippen LogP contribution in [0.2, 0.25) is 0 Å². The Balaban J connectivity index is 1.41. The number of hydrogen-bond donors (Lipinski definition) is 0. The number of nitrogens with zero attached hydrogens (tertiary/aromatic N) is 2. The second kappa shape index (κ2) is 9.28. The first-order valence-electron chi connectivity index (χ1n) is 9.69. The molecule has 1 unspecified atom stereocenters. The van der Waals surface area contributed by atoms with Gasteiger partial charge < -0.3 is 9.47 Å². The first kappa shape index (κ1) is 19.1. The van der Waals surface area contributed by atoms with Crippen LogP contribution in [0.5, 0.6) is 0 Å². The zero-order valence-electron chi connectivity index (χ0n) is 15.8. The highest BCUT2D eigenvalue weighted by atomic mass is 32.1. The van der Waals surface area contributed by atoms with Gasteiger partial charge in [-0.05, 0) is 30.5 Å². The molecule has 2 aromatic carbocycles. The van der Waals surface area contributed by atoms with Gasteiger partial charge >= 0.3 is 0 Å². The first-order valence-corrected chi connectivity index (χ1v) is 10.5. The Morgan fingerprint density at radius 2 is 2.00 bits per heavy atom. The largest absolute Gasteiger partial charge is 0.376 e. The Hall–Kier alpha value is -2.28. The third-order valence-corrected chi connectivity index (χ3v) is 5.86. The fourth-order valence-corrected chi connectivity index (χ4v) is 4.30. The number of carbonyl (C=O) groups excluding carboxylic acids is 1. The molecule has 0 aliphatic carbocycles. The minimum atomic E-state index is 0.0302. The number of benzene rings is 2. The van der Waals surface area contributed by atoms with Crippen LogP contribution in [0.1, 0.15) is 24.8 Å². The fourth-order valence-electron chi connectivity index (χ4n) is 3.31. The normalized spacial score (nSPS) is 16.5. The van der Waals surface area contributed by atoms with E-state index in [1.807, 2.05) is 54.6 Å². The van der Waals surface area contributed by atoms with Crippen LogP contribution in [0.3, 0.4) is 0 Å². The van der Waals surface area contributed by atoms with E-state index >= 15 is 0 Å². The van der Waals surface area contributed by atoms with E-state index in [0.717, 1.165) is 40.4 Å². The summed E-state index contributed by atoms with van der Waals surface area (Å²) in [7, 11) is 0. The summed E-state index contributed by atoms with van der Waals surface area (Å²) in [5.74, 6) is 0.0302. The van der Waals surface area contributed by atoms with Crippen LogP contribution < -0.4 is 4.90 Å². The highest BCUT2D eigenvalue weighted by Gasteiger charge is 2.25. The third-order valence-electron chi connectivity index (χ3n) is 4.80. The SMILES string of the molecule is O=C(CCOCc1ccccc1)N(CC1CCCO1)c1nc2ccccc2s1. The maximum absolute atomic E-state index is 13.0. The van der Waals surface area contributed by atoms with Crippen LogP contribution in [0.25, 0.3) is 10.2 Å². The number of rotatable bonds is 8. The molecule has 6 heteroatoms. The molecular formula is C22H24N2O3S. The smallest absolute Gasteiger partial charge is 0.231 e. The molecule has 0 N–H and O–H groups in total. The van der Waals surface area contributed by atoms with Crippen molar-refractivity contribution in [2.24, 2.45) is 0 Å². The number of aromatic nitrogens is 1. The van der Waals surface area contributed by atoms with E-state index in [0.29, 0.717) is 26.2 Å². The quantitative estimate of drug-likeness (QED) is 0.529. The number of ether oxygens (including phenoxy) is 2. The number of para-hydroxylation sites is 1. The van der Waals surface area contributed by atoms with Crippen molar-refractivity contribution in [3.63, 3.8) is 0 Å². The molecule has 0 radical (unpaired) electrons. The standard InChI is InChI=1S/C22H24N2O3S/c25-21(12-14-26-16-17-7-2-1-3-8-17)24(15-18-9-6-13-27-18)22-23-19-10-4-5-11-20(19)28-22/h1-5,7-8,10-11,18H,6,9,12-16H2. The molecule has 1 fully saturated rings. The molecule has 1 saturated heterocycles. The number of thiazole rings is 1. The van der Waals surface area contributed by atoms with Crippen molar-refractivity contribution in [3.05, 3.63) is 60.2 Å². The van der Waals surface area contributed by atoms with Crippen LogP contribution in [0.4, 0.5) is 5.13 Å². The van der Waals surface area contributed by atoms with Crippen molar-refractivity contribution in [2.75, 3.05) is 24.7 Å². The van der Waals surface area contributed by atoms with E-state index in [1.54, 1.807) is 16.2 Å². The van der Waals surface area contributed by atoms with E-state index in [2.05, 4.69) is 4.98 Å². The molecule has 1 amide bonds. The Morgan fingerprint density at radius 1 is 1.18 bits per heavy atom. The summed E-state index contributed by atoms with van der Waals surface area (Å²) >= 11 is 1.55. The Bertz CT molecular complexity index is 873. The van der Waals surface area contributed by atoms with Crippen molar-refractivity contribution in [1.82, 2.24) is 4.98 Å². The van der Waals surface area contributed by atoms with Crippen molar-refractivity contribution < 1.29 is 14.3 Å². The monoisotopic (exact) mass is 396 g/mol. The summed E-state index contributed by atoms with van der Waals surface area (Å²) < 4.78 is 12.6. The number of anilines is 1. The minimum absolute atomic E-state index is 0.0302. The van der Waals surface area contributed by atoms with Crippen LogP contribution in [-0.4, -0.2) is 36.8 Å². The number of carbonyl (C=O) groups is 1. The topological polar surface area (TPSA) is 51.7 Å². The van der Waals surface area contributed by atoms with Crippen LogP contribution in [-0.2, 0) is 20.9 Å². The highest BCUT2D eigenvalue weighted by Crippen LogP contribution is 2.30. The summed E-state index contributed by atoms with van der Waals surface area (Å²) in [6.07, 6.45) is 2.45. The van der Waals surface area contributed by atoms with Gasteiger partial charge in [-0.25, -0.2) is 4.98 Å².